The van der Waals surface area contributed by atoms with Gasteiger partial charge in [-0.2, -0.15) is 0 Å². The average molecular weight is 248 g/mol. The van der Waals surface area contributed by atoms with E-state index in [0.29, 0.717) is 0 Å². The Hall–Kier alpha value is -0.900. The number of benzene rings is 1. The maximum atomic E-state index is 5.11. The molecule has 1 aromatic carbocycles. The van der Waals surface area contributed by atoms with Gasteiger partial charge >= 0.3 is 0 Å². The second-order valence-electron chi connectivity index (χ2n) is 4.94. The van der Waals surface area contributed by atoms with Gasteiger partial charge in [0.05, 0.1) is 0 Å². The van der Waals surface area contributed by atoms with Crippen LogP contribution >= 0.6 is 0 Å². The van der Waals surface area contributed by atoms with Gasteiger partial charge in [0, 0.05) is 39.9 Å². The fraction of sp³-hybridized carbons (Fsp3) is 0.600. The lowest BCUT2D eigenvalue weighted by molar-refractivity contribution is 0.172. The summed E-state index contributed by atoms with van der Waals surface area (Å²) in [4.78, 5) is 2.50. The number of nitrogens with zero attached hydrogens (tertiary/aromatic N) is 1. The Kier molecular flexibility index (Phi) is 5.17. The van der Waals surface area contributed by atoms with E-state index in [-0.39, 0.29) is 0 Å². The fourth-order valence-corrected chi connectivity index (χ4v) is 2.49. The zero-order valence-corrected chi connectivity index (χ0v) is 11.5. The first kappa shape index (κ1) is 13.5. The summed E-state index contributed by atoms with van der Waals surface area (Å²) in [5, 5.41) is 3.38. The molecule has 1 N–H and O–H groups in total. The van der Waals surface area contributed by atoms with Gasteiger partial charge in [0.15, 0.2) is 0 Å². The average Bonchev–Trinajstić information content (AvgIpc) is 2.78. The maximum absolute atomic E-state index is 5.11. The summed E-state index contributed by atoms with van der Waals surface area (Å²) >= 11 is 0. The summed E-state index contributed by atoms with van der Waals surface area (Å²) in [6, 6.07) is 6.90. The molecular weight excluding hydrogens is 224 g/mol. The molecule has 0 aromatic heterocycles. The Morgan fingerprint density at radius 1 is 1.28 bits per heavy atom. The van der Waals surface area contributed by atoms with E-state index in [0.717, 1.165) is 45.8 Å². The highest BCUT2D eigenvalue weighted by Crippen LogP contribution is 2.23. The third-order valence-electron chi connectivity index (χ3n) is 3.46. The van der Waals surface area contributed by atoms with Crippen molar-refractivity contribution in [3.8, 4) is 0 Å². The SMILES string of the molecule is CCNCc1ccc2c(c1)CN(CCCOC)C2. The van der Waals surface area contributed by atoms with E-state index < -0.39 is 0 Å². The van der Waals surface area contributed by atoms with E-state index in [2.05, 4.69) is 35.3 Å². The van der Waals surface area contributed by atoms with E-state index in [1.54, 1.807) is 7.11 Å². The smallest absolute Gasteiger partial charge is 0.0474 e. The van der Waals surface area contributed by atoms with Crippen LogP contribution in [0.4, 0.5) is 0 Å². The molecule has 0 saturated heterocycles. The molecule has 1 heterocycles. The molecule has 18 heavy (non-hydrogen) atoms. The van der Waals surface area contributed by atoms with Crippen molar-refractivity contribution in [3.05, 3.63) is 34.9 Å². The Bertz CT molecular complexity index is 379. The second-order valence-corrected chi connectivity index (χ2v) is 4.94. The quantitative estimate of drug-likeness (QED) is 0.748. The van der Waals surface area contributed by atoms with Gasteiger partial charge in [0.1, 0.15) is 0 Å². The maximum Gasteiger partial charge on any atom is 0.0474 e. The Morgan fingerprint density at radius 2 is 2.11 bits per heavy atom. The van der Waals surface area contributed by atoms with E-state index >= 15 is 0 Å². The van der Waals surface area contributed by atoms with E-state index in [1.807, 2.05) is 0 Å². The normalized spacial score (nSPS) is 15.0. The number of nitrogens with one attached hydrogen (secondary N) is 1. The van der Waals surface area contributed by atoms with E-state index in [1.165, 1.54) is 16.7 Å². The van der Waals surface area contributed by atoms with Crippen LogP contribution < -0.4 is 5.32 Å². The minimum Gasteiger partial charge on any atom is -0.385 e. The summed E-state index contributed by atoms with van der Waals surface area (Å²) in [6.07, 6.45) is 1.12. The van der Waals surface area contributed by atoms with Crippen molar-refractivity contribution >= 4 is 0 Å². The first-order chi connectivity index (χ1) is 8.83. The van der Waals surface area contributed by atoms with Gasteiger partial charge in [-0.1, -0.05) is 25.1 Å². The van der Waals surface area contributed by atoms with Gasteiger partial charge in [-0.05, 0) is 29.7 Å². The van der Waals surface area contributed by atoms with Gasteiger partial charge in [0.25, 0.3) is 0 Å². The molecule has 0 spiro atoms. The predicted octanol–water partition coefficient (Wildman–Crippen LogP) is 2.15. The van der Waals surface area contributed by atoms with Crippen molar-refractivity contribution in [3.63, 3.8) is 0 Å². The number of ether oxygens (including phenoxy) is 1. The molecule has 0 saturated carbocycles. The Labute approximate surface area is 110 Å². The van der Waals surface area contributed by atoms with E-state index in [9.17, 15) is 0 Å². The van der Waals surface area contributed by atoms with Crippen LogP contribution in [0.15, 0.2) is 18.2 Å². The van der Waals surface area contributed by atoms with Crippen LogP contribution in [0.25, 0.3) is 0 Å². The lowest BCUT2D eigenvalue weighted by atomic mass is 10.1. The van der Waals surface area contributed by atoms with Gasteiger partial charge in [0.2, 0.25) is 0 Å². The largest absolute Gasteiger partial charge is 0.385 e. The summed E-state index contributed by atoms with van der Waals surface area (Å²) < 4.78 is 5.11. The molecule has 0 amide bonds. The molecule has 0 atom stereocenters. The van der Waals surface area contributed by atoms with Gasteiger partial charge in [-0.3, -0.25) is 4.90 Å². The highest BCUT2D eigenvalue weighted by Gasteiger charge is 2.18. The lowest BCUT2D eigenvalue weighted by Crippen LogP contribution is -2.18. The molecular formula is C15H24N2O. The zero-order valence-electron chi connectivity index (χ0n) is 11.5. The highest BCUT2D eigenvalue weighted by atomic mass is 16.5. The van der Waals surface area contributed by atoms with Crippen molar-refractivity contribution in [1.29, 1.82) is 0 Å². The van der Waals surface area contributed by atoms with Crippen LogP contribution in [0.3, 0.4) is 0 Å². The first-order valence-corrected chi connectivity index (χ1v) is 6.86. The van der Waals surface area contributed by atoms with Crippen LogP contribution in [0.2, 0.25) is 0 Å². The summed E-state index contributed by atoms with van der Waals surface area (Å²) in [6.45, 7) is 8.34. The molecule has 1 aromatic rings. The molecule has 3 nitrogen and oxygen atoms in total. The topological polar surface area (TPSA) is 24.5 Å². The van der Waals surface area contributed by atoms with Crippen molar-refractivity contribution in [2.75, 3.05) is 26.8 Å². The number of methoxy groups -OCH3 is 1. The molecule has 100 valence electrons. The van der Waals surface area contributed by atoms with E-state index in [4.69, 9.17) is 4.74 Å². The number of rotatable bonds is 7. The summed E-state index contributed by atoms with van der Waals surface area (Å²) in [5.41, 5.74) is 4.39. The van der Waals surface area contributed by atoms with Gasteiger partial charge in [-0.25, -0.2) is 0 Å². The lowest BCUT2D eigenvalue weighted by Gasteiger charge is -2.13. The molecule has 1 aliphatic heterocycles. The van der Waals surface area contributed by atoms with Gasteiger partial charge in [-0.15, -0.1) is 0 Å². The number of hydrogen-bond donors (Lipinski definition) is 1. The second kappa shape index (κ2) is 6.88. The van der Waals surface area contributed by atoms with Crippen molar-refractivity contribution in [2.45, 2.75) is 33.0 Å². The third kappa shape index (κ3) is 3.55. The first-order valence-electron chi connectivity index (χ1n) is 6.86. The molecule has 0 bridgehead atoms. The molecule has 0 unspecified atom stereocenters. The molecule has 0 radical (unpaired) electrons. The van der Waals surface area contributed by atoms with Crippen LogP contribution in [-0.4, -0.2) is 31.7 Å². The zero-order chi connectivity index (χ0) is 12.8. The fourth-order valence-electron chi connectivity index (χ4n) is 2.49. The monoisotopic (exact) mass is 248 g/mol. The molecule has 0 fully saturated rings. The Morgan fingerprint density at radius 3 is 2.89 bits per heavy atom. The number of hydrogen-bond acceptors (Lipinski definition) is 3. The molecule has 2 rings (SSSR count). The predicted molar refractivity (Wildman–Crippen MR) is 74.4 cm³/mol. The van der Waals surface area contributed by atoms with Crippen molar-refractivity contribution < 1.29 is 4.74 Å². The minimum absolute atomic E-state index is 0.860. The van der Waals surface area contributed by atoms with Crippen molar-refractivity contribution in [1.82, 2.24) is 10.2 Å². The third-order valence-corrected chi connectivity index (χ3v) is 3.46. The van der Waals surface area contributed by atoms with Crippen LogP contribution in [0, 0.1) is 0 Å². The summed E-state index contributed by atoms with van der Waals surface area (Å²) in [5.74, 6) is 0. The molecule has 1 aliphatic rings. The highest BCUT2D eigenvalue weighted by molar-refractivity contribution is 5.34. The van der Waals surface area contributed by atoms with Crippen molar-refractivity contribution in [2.24, 2.45) is 0 Å². The molecule has 0 aliphatic carbocycles. The van der Waals surface area contributed by atoms with Crippen LogP contribution in [-0.2, 0) is 24.4 Å². The Balaban J connectivity index is 1.89. The number of fused-ring (bicyclic) bond motifs is 1. The van der Waals surface area contributed by atoms with Crippen LogP contribution in [0.1, 0.15) is 30.0 Å². The summed E-state index contributed by atoms with van der Waals surface area (Å²) in [7, 11) is 1.77. The van der Waals surface area contributed by atoms with Gasteiger partial charge < -0.3 is 10.1 Å². The standard InChI is InChI=1S/C15H24N2O/c1-3-16-10-13-5-6-14-11-17(7-4-8-18-2)12-15(14)9-13/h5-6,9,16H,3-4,7-8,10-12H2,1-2H3. The van der Waals surface area contributed by atoms with Crippen LogP contribution in [0.5, 0.6) is 0 Å². The molecule has 3 heteroatoms. The minimum atomic E-state index is 0.860.